The number of methoxy groups -OCH3 is 1. The molecule has 0 spiro atoms. The van der Waals surface area contributed by atoms with Gasteiger partial charge < -0.3 is 25.0 Å². The largest absolute Gasteiger partial charge is 0.382 e. The van der Waals surface area contributed by atoms with E-state index in [-0.39, 0.29) is 24.4 Å². The van der Waals surface area contributed by atoms with Crippen LogP contribution in [-0.2, 0) is 24.3 Å². The van der Waals surface area contributed by atoms with Crippen molar-refractivity contribution in [1.82, 2.24) is 19.3 Å². The lowest BCUT2D eigenvalue weighted by Gasteiger charge is -2.36. The summed E-state index contributed by atoms with van der Waals surface area (Å²) in [4.78, 5) is 37.0. The van der Waals surface area contributed by atoms with E-state index in [0.717, 1.165) is 29.1 Å². The third-order valence-corrected chi connectivity index (χ3v) is 7.49. The van der Waals surface area contributed by atoms with Crippen molar-refractivity contribution in [2.45, 2.75) is 32.1 Å². The Kier molecular flexibility index (Phi) is 8.45. The predicted octanol–water partition coefficient (Wildman–Crippen LogP) is 1.81. The second-order valence-electron chi connectivity index (χ2n) is 9.04. The lowest BCUT2D eigenvalue weighted by Crippen LogP contribution is -2.46. The number of carbonyl (C=O) groups excluding carboxylic acids is 2. The summed E-state index contributed by atoms with van der Waals surface area (Å²) in [7, 11) is -2.13. The molecular weight excluding hydrogens is 532 g/mol. The summed E-state index contributed by atoms with van der Waals surface area (Å²) >= 11 is 1.23. The number of pyridine rings is 1. The average molecular weight is 563 g/mol. The number of carbonyl (C=O) groups is 2. The Morgan fingerprint density at radius 2 is 1.92 bits per heavy atom. The van der Waals surface area contributed by atoms with Gasteiger partial charge in [0.2, 0.25) is 10.0 Å². The molecule has 0 radical (unpaired) electrons. The number of hydrogen-bond acceptors (Lipinski definition) is 10. The highest BCUT2D eigenvalue weighted by atomic mass is 32.2. The Labute approximate surface area is 225 Å². The van der Waals surface area contributed by atoms with Gasteiger partial charge in [0.05, 0.1) is 36.3 Å². The second kappa shape index (κ2) is 11.6. The molecule has 2 N–H and O–H groups in total. The highest BCUT2D eigenvalue weighted by molar-refractivity contribution is 7.89. The summed E-state index contributed by atoms with van der Waals surface area (Å²) in [5.41, 5.74) is 1.37. The van der Waals surface area contributed by atoms with Gasteiger partial charge in [0.15, 0.2) is 5.13 Å². The molecule has 4 rings (SSSR count). The molecule has 0 saturated carbocycles. The van der Waals surface area contributed by atoms with E-state index in [1.54, 1.807) is 5.38 Å². The van der Waals surface area contributed by atoms with Crippen LogP contribution in [0.4, 0.5) is 10.9 Å². The Bertz CT molecular complexity index is 1390. The van der Waals surface area contributed by atoms with Crippen LogP contribution < -0.4 is 15.5 Å². The molecule has 1 saturated heterocycles. The van der Waals surface area contributed by atoms with Crippen molar-refractivity contribution in [3.05, 3.63) is 47.6 Å². The molecule has 14 heteroatoms. The molecule has 0 aromatic carbocycles. The van der Waals surface area contributed by atoms with E-state index in [0.29, 0.717) is 16.5 Å². The second-order valence-corrected chi connectivity index (χ2v) is 11.8. The summed E-state index contributed by atoms with van der Waals surface area (Å²) in [6, 6.07) is 6.04. The molecule has 204 valence electrons. The van der Waals surface area contributed by atoms with Gasteiger partial charge in [-0.1, -0.05) is 6.07 Å². The molecule has 3 aromatic heterocycles. The smallest absolute Gasteiger partial charge is 0.253 e. The van der Waals surface area contributed by atoms with Crippen molar-refractivity contribution >= 4 is 44.1 Å². The summed E-state index contributed by atoms with van der Waals surface area (Å²) < 4.78 is 35.2. The quantitative estimate of drug-likeness (QED) is 0.399. The van der Waals surface area contributed by atoms with Gasteiger partial charge in [0.1, 0.15) is 17.6 Å². The van der Waals surface area contributed by atoms with Gasteiger partial charge in [-0.2, -0.15) is 0 Å². The van der Waals surface area contributed by atoms with Gasteiger partial charge in [-0.3, -0.25) is 13.6 Å². The lowest BCUT2D eigenvalue weighted by molar-refractivity contribution is -0.119. The zero-order valence-electron chi connectivity index (χ0n) is 21.4. The number of anilines is 2. The number of morpholine rings is 1. The van der Waals surface area contributed by atoms with Crippen molar-refractivity contribution in [3.8, 4) is 11.4 Å². The number of nitrogens with one attached hydrogen (secondary N) is 2. The number of hydrogen-bond donors (Lipinski definition) is 2. The fourth-order valence-corrected chi connectivity index (χ4v) is 5.35. The highest BCUT2D eigenvalue weighted by Gasteiger charge is 2.25. The van der Waals surface area contributed by atoms with Crippen LogP contribution in [-0.4, -0.2) is 85.5 Å². The van der Waals surface area contributed by atoms with Crippen LogP contribution in [0.15, 0.2) is 42.0 Å². The molecule has 2 unspecified atom stereocenters. The number of thiazole rings is 1. The fraction of sp³-hybridized carbons (Fsp3) is 0.417. The summed E-state index contributed by atoms with van der Waals surface area (Å²) in [5, 5.41) is 7.42. The SMILES string of the molecule is COC[C@H](NC(=O)c1ccn(S(C)(=O)=O)c1)C(=O)Nc1nc(-c2cccc(N3CC(C)OC(C)C3)n2)cs1. The molecule has 2 amide bonds. The molecule has 3 atom stereocenters. The zero-order valence-corrected chi connectivity index (χ0v) is 23.1. The molecule has 1 aliphatic rings. The van der Waals surface area contributed by atoms with Crippen LogP contribution in [0.1, 0.15) is 24.2 Å². The molecule has 12 nitrogen and oxygen atoms in total. The van der Waals surface area contributed by atoms with Gasteiger partial charge >= 0.3 is 0 Å². The predicted molar refractivity (Wildman–Crippen MR) is 144 cm³/mol. The molecule has 4 heterocycles. The molecule has 1 fully saturated rings. The van der Waals surface area contributed by atoms with Crippen LogP contribution in [0.2, 0.25) is 0 Å². The first-order chi connectivity index (χ1) is 18.0. The van der Waals surface area contributed by atoms with Crippen molar-refractivity contribution in [2.75, 3.05) is 43.3 Å². The van der Waals surface area contributed by atoms with E-state index in [2.05, 4.69) is 20.5 Å². The first kappa shape index (κ1) is 27.7. The van der Waals surface area contributed by atoms with E-state index in [4.69, 9.17) is 14.5 Å². The maximum absolute atomic E-state index is 12.9. The first-order valence-corrected chi connectivity index (χ1v) is 14.6. The Morgan fingerprint density at radius 3 is 2.58 bits per heavy atom. The first-order valence-electron chi connectivity index (χ1n) is 11.9. The summed E-state index contributed by atoms with van der Waals surface area (Å²) in [6.45, 7) is 5.46. The van der Waals surface area contributed by atoms with Crippen LogP contribution >= 0.6 is 11.3 Å². The Morgan fingerprint density at radius 1 is 1.18 bits per heavy atom. The van der Waals surface area contributed by atoms with E-state index >= 15 is 0 Å². The number of ether oxygens (including phenoxy) is 2. The van der Waals surface area contributed by atoms with Crippen molar-refractivity contribution in [3.63, 3.8) is 0 Å². The third-order valence-electron chi connectivity index (χ3n) is 5.74. The molecule has 3 aromatic rings. The fourth-order valence-electron chi connectivity index (χ4n) is 4.06. The van der Waals surface area contributed by atoms with Crippen LogP contribution in [0, 0.1) is 0 Å². The van der Waals surface area contributed by atoms with Crippen LogP contribution in [0.3, 0.4) is 0 Å². The van der Waals surface area contributed by atoms with E-state index < -0.39 is 27.9 Å². The Balaban J connectivity index is 1.43. The maximum atomic E-state index is 12.9. The lowest BCUT2D eigenvalue weighted by atomic mass is 10.2. The molecule has 38 heavy (non-hydrogen) atoms. The van der Waals surface area contributed by atoms with Crippen molar-refractivity contribution in [1.29, 1.82) is 0 Å². The number of amides is 2. The number of nitrogens with zero attached hydrogens (tertiary/aromatic N) is 4. The topological polar surface area (TPSA) is 145 Å². The van der Waals surface area contributed by atoms with Gasteiger partial charge in [-0.05, 0) is 32.0 Å². The number of aromatic nitrogens is 3. The van der Waals surface area contributed by atoms with Gasteiger partial charge in [0, 0.05) is 38.0 Å². The molecule has 0 aliphatic carbocycles. The summed E-state index contributed by atoms with van der Waals surface area (Å²) in [6.07, 6.45) is 3.67. The minimum absolute atomic E-state index is 0.0934. The van der Waals surface area contributed by atoms with Crippen LogP contribution in [0.25, 0.3) is 11.4 Å². The standard InChI is InChI=1S/C24H30N6O6S2/c1-15-10-29(11-16(2)36-15)21-7-5-6-18(25-21)20-14-37-24(27-20)28-23(32)19(13-35-3)26-22(31)17-8-9-30(12-17)38(4,33)34/h5-9,12,14-16,19H,10-11,13H2,1-4H3,(H,26,31)(H,27,28,32)/t15?,16?,19-/m0/s1. The third kappa shape index (κ3) is 6.75. The van der Waals surface area contributed by atoms with Gasteiger partial charge in [-0.25, -0.2) is 18.4 Å². The molecule has 1 aliphatic heterocycles. The maximum Gasteiger partial charge on any atom is 0.253 e. The highest BCUT2D eigenvalue weighted by Crippen LogP contribution is 2.26. The monoisotopic (exact) mass is 562 g/mol. The summed E-state index contributed by atoms with van der Waals surface area (Å²) in [5.74, 6) is -0.311. The van der Waals surface area contributed by atoms with Crippen molar-refractivity contribution in [2.24, 2.45) is 0 Å². The van der Waals surface area contributed by atoms with Gasteiger partial charge in [-0.15, -0.1) is 11.3 Å². The zero-order chi connectivity index (χ0) is 27.4. The van der Waals surface area contributed by atoms with Gasteiger partial charge in [0.25, 0.3) is 11.8 Å². The van der Waals surface area contributed by atoms with E-state index in [9.17, 15) is 18.0 Å². The normalized spacial score (nSPS) is 18.7. The molecular formula is C24H30N6O6S2. The Hall–Kier alpha value is -3.33. The van der Waals surface area contributed by atoms with Crippen molar-refractivity contribution < 1.29 is 27.5 Å². The van der Waals surface area contributed by atoms with E-state index in [1.807, 2.05) is 32.0 Å². The average Bonchev–Trinajstić information content (AvgIpc) is 3.53. The van der Waals surface area contributed by atoms with Crippen LogP contribution in [0.5, 0.6) is 0 Å². The van der Waals surface area contributed by atoms with E-state index in [1.165, 1.54) is 36.9 Å². The number of rotatable bonds is 9. The minimum atomic E-state index is -3.53. The molecule has 0 bridgehead atoms. The minimum Gasteiger partial charge on any atom is -0.382 e.